The summed E-state index contributed by atoms with van der Waals surface area (Å²) in [4.78, 5) is 11.7. The average Bonchev–Trinajstić information content (AvgIpc) is 2.58. The summed E-state index contributed by atoms with van der Waals surface area (Å²) in [6.07, 6.45) is 0. The van der Waals surface area contributed by atoms with Crippen molar-refractivity contribution in [3.05, 3.63) is 11.8 Å². The molecule has 6 heteroatoms. The molecule has 0 aliphatic rings. The summed E-state index contributed by atoms with van der Waals surface area (Å²) in [6.45, 7) is 4.79. The van der Waals surface area contributed by atoms with Crippen molar-refractivity contribution in [1.29, 1.82) is 0 Å². The maximum Gasteiger partial charge on any atom is 0.242 e. The highest BCUT2D eigenvalue weighted by Crippen LogP contribution is 2.08. The number of rotatable bonds is 6. The van der Waals surface area contributed by atoms with Crippen LogP contribution in [0.5, 0.6) is 0 Å². The minimum absolute atomic E-state index is 0.0645. The normalized spacial score (nSPS) is 12.2. The predicted molar refractivity (Wildman–Crippen MR) is 65.9 cm³/mol. The van der Waals surface area contributed by atoms with Gasteiger partial charge in [-0.15, -0.1) is 0 Å². The van der Waals surface area contributed by atoms with Gasteiger partial charge in [-0.2, -0.15) is 5.10 Å². The summed E-state index contributed by atoms with van der Waals surface area (Å²) in [5, 5.41) is 10.0. The molecule has 0 bridgehead atoms. The molecule has 1 rings (SSSR count). The maximum absolute atomic E-state index is 11.7. The summed E-state index contributed by atoms with van der Waals surface area (Å²) < 4.78 is 6.62. The summed E-state index contributed by atoms with van der Waals surface area (Å²) >= 11 is 0. The highest BCUT2D eigenvalue weighted by atomic mass is 16.5. The van der Waals surface area contributed by atoms with Crippen molar-refractivity contribution in [1.82, 2.24) is 15.1 Å². The van der Waals surface area contributed by atoms with Crippen molar-refractivity contribution in [2.45, 2.75) is 19.9 Å². The number of hydrogen-bond acceptors (Lipinski definition) is 4. The SMILES string of the molecule is COCCNC(=O)C(C)Nc1cc(C)n(C)n1. The van der Waals surface area contributed by atoms with E-state index in [-0.39, 0.29) is 11.9 Å². The van der Waals surface area contributed by atoms with E-state index in [4.69, 9.17) is 4.74 Å². The number of hydrogen-bond donors (Lipinski definition) is 2. The van der Waals surface area contributed by atoms with Crippen molar-refractivity contribution in [3.63, 3.8) is 0 Å². The van der Waals surface area contributed by atoms with E-state index < -0.39 is 0 Å². The van der Waals surface area contributed by atoms with Gasteiger partial charge in [0.15, 0.2) is 0 Å². The molecular formula is C11H20N4O2. The second-order valence-electron chi connectivity index (χ2n) is 3.94. The van der Waals surface area contributed by atoms with Crippen molar-refractivity contribution >= 4 is 11.7 Å². The Morgan fingerprint density at radius 3 is 2.88 bits per heavy atom. The number of aryl methyl sites for hydroxylation is 2. The van der Waals surface area contributed by atoms with Crippen LogP contribution in [0.15, 0.2) is 6.07 Å². The lowest BCUT2D eigenvalue weighted by Crippen LogP contribution is -2.39. The zero-order valence-corrected chi connectivity index (χ0v) is 10.8. The lowest BCUT2D eigenvalue weighted by atomic mass is 10.3. The highest BCUT2D eigenvalue weighted by molar-refractivity contribution is 5.83. The Balaban J connectivity index is 2.42. The zero-order chi connectivity index (χ0) is 12.8. The van der Waals surface area contributed by atoms with Crippen LogP contribution in [0, 0.1) is 6.92 Å². The van der Waals surface area contributed by atoms with Gasteiger partial charge in [-0.3, -0.25) is 9.48 Å². The molecule has 6 nitrogen and oxygen atoms in total. The Hall–Kier alpha value is -1.56. The molecule has 1 aromatic heterocycles. The first kappa shape index (κ1) is 13.5. The molecule has 0 radical (unpaired) electrons. The number of nitrogens with zero attached hydrogens (tertiary/aromatic N) is 2. The van der Waals surface area contributed by atoms with E-state index in [1.54, 1.807) is 18.7 Å². The van der Waals surface area contributed by atoms with Crippen molar-refractivity contribution in [3.8, 4) is 0 Å². The first-order valence-electron chi connectivity index (χ1n) is 5.58. The number of anilines is 1. The molecule has 1 atom stereocenters. The molecule has 1 aromatic rings. The molecule has 2 N–H and O–H groups in total. The maximum atomic E-state index is 11.7. The molecule has 1 heterocycles. The molecular weight excluding hydrogens is 220 g/mol. The summed E-state index contributed by atoms with van der Waals surface area (Å²) in [5.41, 5.74) is 1.04. The van der Waals surface area contributed by atoms with Crippen LogP contribution >= 0.6 is 0 Å². The van der Waals surface area contributed by atoms with E-state index in [2.05, 4.69) is 15.7 Å². The molecule has 0 saturated carbocycles. The Labute approximate surface area is 101 Å². The van der Waals surface area contributed by atoms with Gasteiger partial charge in [-0.1, -0.05) is 0 Å². The van der Waals surface area contributed by atoms with Crippen LogP contribution in [0.3, 0.4) is 0 Å². The minimum Gasteiger partial charge on any atom is -0.383 e. The van der Waals surface area contributed by atoms with Gasteiger partial charge in [0.05, 0.1) is 6.61 Å². The largest absolute Gasteiger partial charge is 0.383 e. The number of amides is 1. The molecule has 0 saturated heterocycles. The fourth-order valence-corrected chi connectivity index (χ4v) is 1.35. The average molecular weight is 240 g/mol. The van der Waals surface area contributed by atoms with Gasteiger partial charge in [-0.25, -0.2) is 0 Å². The Morgan fingerprint density at radius 1 is 1.65 bits per heavy atom. The Morgan fingerprint density at radius 2 is 2.35 bits per heavy atom. The van der Waals surface area contributed by atoms with Gasteiger partial charge in [0, 0.05) is 32.5 Å². The predicted octanol–water partition coefficient (Wildman–Crippen LogP) is 0.292. The first-order valence-corrected chi connectivity index (χ1v) is 5.58. The van der Waals surface area contributed by atoms with E-state index in [0.29, 0.717) is 19.0 Å². The number of carbonyl (C=O) groups is 1. The number of methoxy groups -OCH3 is 1. The van der Waals surface area contributed by atoms with Crippen LogP contribution < -0.4 is 10.6 Å². The Kier molecular flexibility index (Phi) is 4.96. The third-order valence-electron chi connectivity index (χ3n) is 2.48. The third-order valence-corrected chi connectivity index (χ3v) is 2.48. The van der Waals surface area contributed by atoms with Crippen LogP contribution in [0.4, 0.5) is 5.82 Å². The summed E-state index contributed by atoms with van der Waals surface area (Å²) in [5.74, 6) is 0.643. The zero-order valence-electron chi connectivity index (χ0n) is 10.8. The molecule has 0 aliphatic heterocycles. The molecule has 96 valence electrons. The lowest BCUT2D eigenvalue weighted by molar-refractivity contribution is -0.121. The van der Waals surface area contributed by atoms with Crippen LogP contribution in [0.1, 0.15) is 12.6 Å². The lowest BCUT2D eigenvalue weighted by Gasteiger charge is -2.12. The first-order chi connectivity index (χ1) is 8.04. The van der Waals surface area contributed by atoms with Gasteiger partial charge in [-0.05, 0) is 13.8 Å². The fourth-order valence-electron chi connectivity index (χ4n) is 1.35. The fraction of sp³-hybridized carbons (Fsp3) is 0.636. The van der Waals surface area contributed by atoms with Crippen LogP contribution in [-0.2, 0) is 16.6 Å². The molecule has 0 aliphatic carbocycles. The number of nitrogens with one attached hydrogen (secondary N) is 2. The van der Waals surface area contributed by atoms with E-state index >= 15 is 0 Å². The van der Waals surface area contributed by atoms with Crippen LogP contribution in [-0.4, -0.2) is 42.0 Å². The van der Waals surface area contributed by atoms with Crippen molar-refractivity contribution in [2.24, 2.45) is 7.05 Å². The third kappa shape index (κ3) is 4.07. The van der Waals surface area contributed by atoms with Crippen molar-refractivity contribution in [2.75, 3.05) is 25.6 Å². The second-order valence-corrected chi connectivity index (χ2v) is 3.94. The molecule has 0 fully saturated rings. The van der Waals surface area contributed by atoms with Gasteiger partial charge in [0.1, 0.15) is 11.9 Å². The van der Waals surface area contributed by atoms with Gasteiger partial charge >= 0.3 is 0 Å². The topological polar surface area (TPSA) is 68.2 Å². The Bertz CT molecular complexity index is 356. The molecule has 0 aromatic carbocycles. The van der Waals surface area contributed by atoms with E-state index in [9.17, 15) is 4.79 Å². The van der Waals surface area contributed by atoms with E-state index in [1.807, 2.05) is 20.0 Å². The molecule has 1 unspecified atom stereocenters. The standard InChI is InChI=1S/C11H20N4O2/c1-8-7-10(14-15(8)3)13-9(2)11(16)12-5-6-17-4/h7,9H,5-6H2,1-4H3,(H,12,16)(H,13,14). The summed E-state index contributed by atoms with van der Waals surface area (Å²) in [7, 11) is 3.47. The molecule has 1 amide bonds. The second kappa shape index (κ2) is 6.24. The quantitative estimate of drug-likeness (QED) is 0.701. The molecule has 0 spiro atoms. The smallest absolute Gasteiger partial charge is 0.242 e. The van der Waals surface area contributed by atoms with Crippen LogP contribution in [0.25, 0.3) is 0 Å². The minimum atomic E-state index is -0.318. The van der Waals surface area contributed by atoms with E-state index in [1.165, 1.54) is 0 Å². The number of aromatic nitrogens is 2. The van der Waals surface area contributed by atoms with Gasteiger partial charge in [0.25, 0.3) is 0 Å². The van der Waals surface area contributed by atoms with Crippen molar-refractivity contribution < 1.29 is 9.53 Å². The van der Waals surface area contributed by atoms with Gasteiger partial charge in [0.2, 0.25) is 5.91 Å². The highest BCUT2D eigenvalue weighted by Gasteiger charge is 2.13. The monoisotopic (exact) mass is 240 g/mol. The van der Waals surface area contributed by atoms with E-state index in [0.717, 1.165) is 5.69 Å². The summed E-state index contributed by atoms with van der Waals surface area (Å²) in [6, 6.07) is 1.58. The number of carbonyl (C=O) groups excluding carboxylic acids is 1. The number of ether oxygens (including phenoxy) is 1. The van der Waals surface area contributed by atoms with Crippen LogP contribution in [0.2, 0.25) is 0 Å². The van der Waals surface area contributed by atoms with Gasteiger partial charge < -0.3 is 15.4 Å². The molecule has 17 heavy (non-hydrogen) atoms.